The van der Waals surface area contributed by atoms with Crippen LogP contribution in [0.2, 0.25) is 0 Å². The van der Waals surface area contributed by atoms with E-state index in [0.717, 1.165) is 37.9 Å². The molecule has 0 aromatic carbocycles. The van der Waals surface area contributed by atoms with Crippen molar-refractivity contribution in [2.75, 3.05) is 23.7 Å². The first-order chi connectivity index (χ1) is 11.6. The number of rotatable bonds is 2. The zero-order valence-corrected chi connectivity index (χ0v) is 13.8. The van der Waals surface area contributed by atoms with Crippen LogP contribution in [-0.4, -0.2) is 33.0 Å². The molecule has 2 aromatic heterocycles. The summed E-state index contributed by atoms with van der Waals surface area (Å²) in [5.41, 5.74) is 8.42. The number of aromatic nitrogens is 4. The van der Waals surface area contributed by atoms with Crippen LogP contribution in [0.5, 0.6) is 0 Å². The number of halogens is 1. The van der Waals surface area contributed by atoms with Crippen molar-refractivity contribution in [3.05, 3.63) is 35.3 Å². The van der Waals surface area contributed by atoms with E-state index in [1.54, 1.807) is 0 Å². The van der Waals surface area contributed by atoms with E-state index in [2.05, 4.69) is 19.9 Å². The third kappa shape index (κ3) is 2.30. The van der Waals surface area contributed by atoms with Gasteiger partial charge < -0.3 is 10.6 Å². The Balaban J connectivity index is 1.70. The zero-order chi connectivity index (χ0) is 16.7. The van der Waals surface area contributed by atoms with Crippen LogP contribution in [0.15, 0.2) is 12.5 Å². The predicted octanol–water partition coefficient (Wildman–Crippen LogP) is 2.03. The van der Waals surface area contributed by atoms with E-state index in [9.17, 15) is 4.39 Å². The van der Waals surface area contributed by atoms with Crippen LogP contribution < -0.4 is 10.6 Å². The van der Waals surface area contributed by atoms with Gasteiger partial charge in [0.15, 0.2) is 11.6 Å². The van der Waals surface area contributed by atoms with Crippen molar-refractivity contribution in [2.45, 2.75) is 44.4 Å². The first-order valence-electron chi connectivity index (χ1n) is 8.49. The summed E-state index contributed by atoms with van der Waals surface area (Å²) in [5, 5.41) is 0. The SMILES string of the molecule is CCc1ncnc(N2CCCC3(CCc4cnc(N)nc43)C2)c1F. The smallest absolute Gasteiger partial charge is 0.220 e. The van der Waals surface area contributed by atoms with Gasteiger partial charge in [0.1, 0.15) is 6.33 Å². The minimum Gasteiger partial charge on any atom is -0.368 e. The molecule has 4 rings (SSSR count). The third-order valence-corrected chi connectivity index (χ3v) is 5.31. The Morgan fingerprint density at radius 1 is 1.29 bits per heavy atom. The number of nitrogens with two attached hydrogens (primary N) is 1. The minimum atomic E-state index is -0.294. The molecule has 1 unspecified atom stereocenters. The van der Waals surface area contributed by atoms with E-state index in [1.807, 2.05) is 18.0 Å². The molecule has 1 spiro atoms. The normalized spacial score (nSPS) is 22.8. The minimum absolute atomic E-state index is 0.0750. The van der Waals surface area contributed by atoms with Crippen LogP contribution in [-0.2, 0) is 18.3 Å². The molecule has 7 heteroatoms. The van der Waals surface area contributed by atoms with Gasteiger partial charge in [-0.1, -0.05) is 6.92 Å². The Labute approximate surface area is 140 Å². The Kier molecular flexibility index (Phi) is 3.58. The Morgan fingerprint density at radius 2 is 2.17 bits per heavy atom. The molecule has 126 valence electrons. The van der Waals surface area contributed by atoms with Crippen LogP contribution >= 0.6 is 0 Å². The number of aryl methyl sites for hydroxylation is 2. The van der Waals surface area contributed by atoms with Crippen LogP contribution in [0, 0.1) is 5.82 Å². The fraction of sp³-hybridized carbons (Fsp3) is 0.529. The third-order valence-electron chi connectivity index (χ3n) is 5.31. The van der Waals surface area contributed by atoms with Gasteiger partial charge in [-0.05, 0) is 37.7 Å². The molecule has 6 nitrogen and oxygen atoms in total. The maximum absolute atomic E-state index is 14.7. The molecule has 1 aliphatic carbocycles. The summed E-state index contributed by atoms with van der Waals surface area (Å²) in [6.07, 6.45) is 7.84. The fourth-order valence-electron chi connectivity index (χ4n) is 4.13. The predicted molar refractivity (Wildman–Crippen MR) is 89.3 cm³/mol. The van der Waals surface area contributed by atoms with Gasteiger partial charge in [-0.25, -0.2) is 24.3 Å². The number of hydrogen-bond donors (Lipinski definition) is 1. The van der Waals surface area contributed by atoms with Crippen molar-refractivity contribution in [1.29, 1.82) is 0 Å². The Hall–Kier alpha value is -2.31. The molecule has 0 radical (unpaired) electrons. The lowest BCUT2D eigenvalue weighted by atomic mass is 9.77. The van der Waals surface area contributed by atoms with E-state index in [4.69, 9.17) is 5.73 Å². The van der Waals surface area contributed by atoms with Crippen LogP contribution in [0.3, 0.4) is 0 Å². The summed E-state index contributed by atoms with van der Waals surface area (Å²) < 4.78 is 14.7. The molecule has 2 aliphatic rings. The monoisotopic (exact) mass is 328 g/mol. The van der Waals surface area contributed by atoms with E-state index in [1.165, 1.54) is 11.9 Å². The van der Waals surface area contributed by atoms with Crippen molar-refractivity contribution in [2.24, 2.45) is 0 Å². The van der Waals surface area contributed by atoms with Crippen molar-refractivity contribution in [3.63, 3.8) is 0 Å². The molecule has 2 N–H and O–H groups in total. The zero-order valence-electron chi connectivity index (χ0n) is 13.8. The lowest BCUT2D eigenvalue weighted by Crippen LogP contribution is -2.46. The summed E-state index contributed by atoms with van der Waals surface area (Å²) in [6, 6.07) is 0. The van der Waals surface area contributed by atoms with Crippen LogP contribution in [0.1, 0.15) is 43.1 Å². The molecule has 0 amide bonds. The van der Waals surface area contributed by atoms with Gasteiger partial charge in [-0.15, -0.1) is 0 Å². The molecule has 2 aromatic rings. The summed E-state index contributed by atoms with van der Waals surface area (Å²) in [5.74, 6) is 0.433. The van der Waals surface area contributed by atoms with Crippen molar-refractivity contribution < 1.29 is 4.39 Å². The molecular formula is C17H21FN6. The van der Waals surface area contributed by atoms with E-state index in [0.29, 0.717) is 30.4 Å². The maximum atomic E-state index is 14.7. The maximum Gasteiger partial charge on any atom is 0.220 e. The van der Waals surface area contributed by atoms with Crippen molar-refractivity contribution in [3.8, 4) is 0 Å². The van der Waals surface area contributed by atoms with E-state index in [-0.39, 0.29) is 11.2 Å². The second kappa shape index (κ2) is 5.65. The molecule has 1 saturated heterocycles. The van der Waals surface area contributed by atoms with Gasteiger partial charge in [0.25, 0.3) is 0 Å². The second-order valence-electron chi connectivity index (χ2n) is 6.72. The van der Waals surface area contributed by atoms with Crippen LogP contribution in [0.25, 0.3) is 0 Å². The molecular weight excluding hydrogens is 307 g/mol. The molecule has 0 saturated carbocycles. The molecule has 3 heterocycles. The van der Waals surface area contributed by atoms with Gasteiger partial charge in [0.05, 0.1) is 11.4 Å². The molecule has 0 bridgehead atoms. The highest BCUT2D eigenvalue weighted by molar-refractivity contribution is 5.46. The molecule has 1 atom stereocenters. The quantitative estimate of drug-likeness (QED) is 0.908. The summed E-state index contributed by atoms with van der Waals surface area (Å²) >= 11 is 0. The summed E-state index contributed by atoms with van der Waals surface area (Å²) in [6.45, 7) is 3.42. The summed E-state index contributed by atoms with van der Waals surface area (Å²) in [7, 11) is 0. The van der Waals surface area contributed by atoms with Crippen molar-refractivity contribution >= 4 is 11.8 Å². The number of anilines is 2. The number of nitrogens with zero attached hydrogens (tertiary/aromatic N) is 5. The topological polar surface area (TPSA) is 80.8 Å². The lowest BCUT2D eigenvalue weighted by molar-refractivity contribution is 0.331. The number of fused-ring (bicyclic) bond motifs is 2. The Bertz CT molecular complexity index is 776. The molecule has 24 heavy (non-hydrogen) atoms. The van der Waals surface area contributed by atoms with E-state index < -0.39 is 0 Å². The van der Waals surface area contributed by atoms with Gasteiger partial charge in [-0.2, -0.15) is 0 Å². The fourth-order valence-corrected chi connectivity index (χ4v) is 4.13. The first kappa shape index (κ1) is 15.2. The standard InChI is InChI=1S/C17H21FN6/c1-2-12-13(18)15(22-10-21-12)24-7-3-5-17(9-24)6-4-11-8-20-16(19)23-14(11)17/h8,10H,2-7,9H2,1H3,(H2,19,20,23). The van der Waals surface area contributed by atoms with Crippen molar-refractivity contribution in [1.82, 2.24) is 19.9 Å². The first-order valence-corrected chi connectivity index (χ1v) is 8.49. The number of piperidine rings is 1. The van der Waals surface area contributed by atoms with Gasteiger partial charge in [-0.3, -0.25) is 0 Å². The average molecular weight is 328 g/mol. The largest absolute Gasteiger partial charge is 0.368 e. The number of hydrogen-bond acceptors (Lipinski definition) is 6. The summed E-state index contributed by atoms with van der Waals surface area (Å²) in [4.78, 5) is 19.0. The lowest BCUT2D eigenvalue weighted by Gasteiger charge is -2.41. The molecule has 1 aliphatic heterocycles. The molecule has 1 fully saturated rings. The van der Waals surface area contributed by atoms with Crippen LogP contribution in [0.4, 0.5) is 16.2 Å². The van der Waals surface area contributed by atoms with Gasteiger partial charge in [0.2, 0.25) is 5.95 Å². The Morgan fingerprint density at radius 3 is 3.00 bits per heavy atom. The highest BCUT2D eigenvalue weighted by atomic mass is 19.1. The van der Waals surface area contributed by atoms with Gasteiger partial charge >= 0.3 is 0 Å². The second-order valence-corrected chi connectivity index (χ2v) is 6.72. The number of nitrogen functional groups attached to an aromatic ring is 1. The highest BCUT2D eigenvalue weighted by Gasteiger charge is 2.44. The van der Waals surface area contributed by atoms with Gasteiger partial charge in [0, 0.05) is 24.7 Å². The highest BCUT2D eigenvalue weighted by Crippen LogP contribution is 2.44. The van der Waals surface area contributed by atoms with E-state index >= 15 is 0 Å². The average Bonchev–Trinajstić information content (AvgIpc) is 2.93.